The van der Waals surface area contributed by atoms with Gasteiger partial charge in [-0.1, -0.05) is 83.9 Å². The van der Waals surface area contributed by atoms with Crippen LogP contribution in [0.15, 0.2) is 107 Å². The van der Waals surface area contributed by atoms with Crippen molar-refractivity contribution in [1.29, 1.82) is 10.5 Å². The van der Waals surface area contributed by atoms with Gasteiger partial charge in [0.05, 0.1) is 33.7 Å². The van der Waals surface area contributed by atoms with E-state index in [-0.39, 0.29) is 23.6 Å². The lowest BCUT2D eigenvalue weighted by molar-refractivity contribution is 0.306. The first kappa shape index (κ1) is 30.8. The van der Waals surface area contributed by atoms with E-state index in [2.05, 4.69) is 12.1 Å². The summed E-state index contributed by atoms with van der Waals surface area (Å²) in [6, 6.07) is 33.7. The molecule has 0 saturated heterocycles. The smallest absolute Gasteiger partial charge is 0.274 e. The van der Waals surface area contributed by atoms with E-state index >= 15 is 0 Å². The van der Waals surface area contributed by atoms with Crippen molar-refractivity contribution in [2.24, 2.45) is 5.73 Å². The molecule has 1 aromatic heterocycles. The van der Waals surface area contributed by atoms with Crippen molar-refractivity contribution in [3.63, 3.8) is 0 Å². The van der Waals surface area contributed by atoms with Gasteiger partial charge >= 0.3 is 0 Å². The summed E-state index contributed by atoms with van der Waals surface area (Å²) in [4.78, 5) is 13.5. The van der Waals surface area contributed by atoms with Gasteiger partial charge in [0.15, 0.2) is 0 Å². The molecule has 0 aliphatic carbocycles. The van der Waals surface area contributed by atoms with E-state index in [1.165, 1.54) is 4.57 Å². The zero-order chi connectivity index (χ0) is 32.2. The third-order valence-electron chi connectivity index (χ3n) is 7.48. The zero-order valence-electron chi connectivity index (χ0n) is 24.1. The fraction of sp³-hybridized carbons (Fsp3) is 0.0833. The Kier molecular flexibility index (Phi) is 8.96. The number of nitrogens with zero attached hydrogens (tertiary/aromatic N) is 3. The molecular weight excluding hydrogens is 639 g/mol. The van der Waals surface area contributed by atoms with Crippen LogP contribution in [0.5, 0.6) is 11.5 Å². The summed E-state index contributed by atoms with van der Waals surface area (Å²) in [7, 11) is 0. The summed E-state index contributed by atoms with van der Waals surface area (Å²) < 4.78 is 13.8. The number of nitrogens with two attached hydrogens (primary N) is 1. The maximum atomic E-state index is 13.5. The highest BCUT2D eigenvalue weighted by Crippen LogP contribution is 2.36. The van der Waals surface area contributed by atoms with Gasteiger partial charge in [0, 0.05) is 21.2 Å². The van der Waals surface area contributed by atoms with Crippen LogP contribution in [0.25, 0.3) is 17.5 Å². The number of nitriles is 2. The predicted molar refractivity (Wildman–Crippen MR) is 181 cm³/mol. The molecule has 7 nitrogen and oxygen atoms in total. The molecule has 1 aliphatic heterocycles. The molecule has 5 aromatic rings. The average Bonchev–Trinajstić information content (AvgIpc) is 3.40. The van der Waals surface area contributed by atoms with Crippen LogP contribution in [0.2, 0.25) is 10.0 Å². The molecular formula is C36H24Cl2N4O3S. The lowest BCUT2D eigenvalue weighted by Crippen LogP contribution is -2.38. The first-order chi connectivity index (χ1) is 22.4. The first-order valence-electron chi connectivity index (χ1n) is 14.1. The SMILES string of the molecule is N#CC1=C(N)n2c(s/c(=C/c3ccc(OCc4ccccc4Cl)cc3)c2=O)=C(C#N)[C@@H]1c1ccc(OCc2ccccc2Cl)cc1. The van der Waals surface area contributed by atoms with E-state index in [0.717, 1.165) is 28.0 Å². The Hall–Kier alpha value is -5.25. The molecule has 0 spiro atoms. The number of hydrogen-bond donors (Lipinski definition) is 1. The van der Waals surface area contributed by atoms with Gasteiger partial charge < -0.3 is 15.2 Å². The van der Waals surface area contributed by atoms with Crippen LogP contribution in [-0.4, -0.2) is 4.57 Å². The number of ether oxygens (including phenoxy) is 2. The average molecular weight is 664 g/mol. The third kappa shape index (κ3) is 6.15. The van der Waals surface area contributed by atoms with Crippen LogP contribution < -0.4 is 30.0 Å². The molecule has 10 heteroatoms. The normalized spacial score (nSPS) is 14.4. The molecule has 2 heterocycles. The summed E-state index contributed by atoms with van der Waals surface area (Å²) in [5.74, 6) is 0.504. The van der Waals surface area contributed by atoms with Gasteiger partial charge in [-0.25, -0.2) is 0 Å². The highest BCUT2D eigenvalue weighted by molar-refractivity contribution is 7.07. The van der Waals surface area contributed by atoms with E-state index in [4.69, 9.17) is 38.4 Å². The first-order valence-corrected chi connectivity index (χ1v) is 15.7. The minimum atomic E-state index is -0.743. The van der Waals surface area contributed by atoms with Gasteiger partial charge in [0.2, 0.25) is 0 Å². The molecule has 0 bridgehead atoms. The zero-order valence-corrected chi connectivity index (χ0v) is 26.4. The number of rotatable bonds is 8. The summed E-state index contributed by atoms with van der Waals surface area (Å²) in [5, 5.41) is 21.7. The molecule has 0 radical (unpaired) electrons. The minimum Gasteiger partial charge on any atom is -0.489 e. The fourth-order valence-corrected chi connectivity index (χ4v) is 6.61. The van der Waals surface area contributed by atoms with Crippen LogP contribution in [-0.2, 0) is 13.2 Å². The molecule has 4 aromatic carbocycles. The van der Waals surface area contributed by atoms with Crippen LogP contribution in [0, 0.1) is 22.7 Å². The van der Waals surface area contributed by atoms with Gasteiger partial charge in [0.1, 0.15) is 35.2 Å². The van der Waals surface area contributed by atoms with Crippen molar-refractivity contribution in [3.8, 4) is 23.6 Å². The van der Waals surface area contributed by atoms with Crippen molar-refractivity contribution in [3.05, 3.63) is 154 Å². The third-order valence-corrected chi connectivity index (χ3v) is 9.33. The number of thiazole rings is 1. The van der Waals surface area contributed by atoms with E-state index in [1.54, 1.807) is 48.5 Å². The van der Waals surface area contributed by atoms with Gasteiger partial charge in [-0.15, -0.1) is 11.3 Å². The van der Waals surface area contributed by atoms with Crippen molar-refractivity contribution in [2.45, 2.75) is 19.1 Å². The number of benzene rings is 4. The quantitative estimate of drug-likeness (QED) is 0.208. The van der Waals surface area contributed by atoms with Crippen LogP contribution in [0.3, 0.4) is 0 Å². The topological polar surface area (TPSA) is 114 Å². The molecule has 0 unspecified atom stereocenters. The summed E-state index contributed by atoms with van der Waals surface area (Å²) in [6.45, 7) is 0.605. The highest BCUT2D eigenvalue weighted by Gasteiger charge is 2.32. The Morgan fingerprint density at radius 1 is 0.783 bits per heavy atom. The Labute approximate surface area is 278 Å². The molecule has 226 valence electrons. The Balaban J connectivity index is 1.29. The summed E-state index contributed by atoms with van der Waals surface area (Å²) in [6.07, 6.45) is 1.73. The van der Waals surface area contributed by atoms with Crippen LogP contribution in [0.4, 0.5) is 0 Å². The minimum absolute atomic E-state index is 0.00441. The number of halogens is 2. The standard InChI is InChI=1S/C36H24Cl2N4O3S/c37-30-7-3-1-5-24(30)20-44-26-13-9-22(10-14-26)17-32-35(43)42-34(41)28(18-39)33(29(19-40)36(42)46-32)23-11-15-27(16-12-23)45-21-25-6-2-4-8-31(25)38/h1-17,33H,20-21,41H2/b32-17+/t33-/m1/s1. The number of hydrogen-bond acceptors (Lipinski definition) is 7. The van der Waals surface area contributed by atoms with Crippen molar-refractivity contribution >= 4 is 52.0 Å². The second-order valence-corrected chi connectivity index (χ2v) is 12.2. The largest absolute Gasteiger partial charge is 0.489 e. The van der Waals surface area contributed by atoms with Crippen molar-refractivity contribution < 1.29 is 9.47 Å². The van der Waals surface area contributed by atoms with E-state index < -0.39 is 11.5 Å². The summed E-state index contributed by atoms with van der Waals surface area (Å²) >= 11 is 13.6. The Morgan fingerprint density at radius 2 is 1.30 bits per heavy atom. The van der Waals surface area contributed by atoms with Crippen LogP contribution >= 0.6 is 34.5 Å². The summed E-state index contributed by atoms with van der Waals surface area (Å²) in [5.41, 5.74) is 9.59. The molecule has 2 N–H and O–H groups in total. The van der Waals surface area contributed by atoms with E-state index in [1.807, 2.05) is 54.6 Å². The highest BCUT2D eigenvalue weighted by atomic mass is 35.5. The monoisotopic (exact) mass is 662 g/mol. The predicted octanol–water partition coefficient (Wildman–Crippen LogP) is 6.33. The van der Waals surface area contributed by atoms with Crippen LogP contribution in [0.1, 0.15) is 28.2 Å². The lowest BCUT2D eigenvalue weighted by Gasteiger charge is -2.22. The van der Waals surface area contributed by atoms with E-state index in [0.29, 0.717) is 42.9 Å². The van der Waals surface area contributed by atoms with Gasteiger partial charge in [-0.3, -0.25) is 9.36 Å². The lowest BCUT2D eigenvalue weighted by atomic mass is 9.84. The number of aromatic nitrogens is 1. The second kappa shape index (κ2) is 13.4. The Bertz CT molecular complexity index is 2240. The van der Waals surface area contributed by atoms with Crippen molar-refractivity contribution in [2.75, 3.05) is 0 Å². The van der Waals surface area contributed by atoms with Gasteiger partial charge in [-0.2, -0.15) is 10.5 Å². The number of fused-ring (bicyclic) bond motifs is 1. The van der Waals surface area contributed by atoms with Crippen molar-refractivity contribution in [1.82, 2.24) is 4.57 Å². The maximum Gasteiger partial charge on any atom is 0.274 e. The molecule has 0 amide bonds. The number of allylic oxidation sites excluding steroid dienone is 1. The molecule has 0 fully saturated rings. The van der Waals surface area contributed by atoms with E-state index in [9.17, 15) is 15.3 Å². The van der Waals surface area contributed by atoms with Gasteiger partial charge in [0.25, 0.3) is 5.56 Å². The van der Waals surface area contributed by atoms with Gasteiger partial charge in [-0.05, 0) is 53.6 Å². The fourth-order valence-electron chi connectivity index (χ4n) is 5.11. The molecule has 46 heavy (non-hydrogen) atoms. The Morgan fingerprint density at radius 3 is 1.83 bits per heavy atom. The molecule has 6 rings (SSSR count). The molecule has 0 saturated carbocycles. The second-order valence-electron chi connectivity index (χ2n) is 10.3. The molecule has 1 aliphatic rings. The maximum absolute atomic E-state index is 13.5. The molecule has 1 atom stereocenters.